The van der Waals surface area contributed by atoms with E-state index < -0.39 is 20.9 Å². The Morgan fingerprint density at radius 3 is 2.44 bits per heavy atom. The van der Waals surface area contributed by atoms with Gasteiger partial charge in [0.2, 0.25) is 10.0 Å². The molecule has 0 heterocycles. The van der Waals surface area contributed by atoms with E-state index in [0.717, 1.165) is 18.9 Å². The molecule has 8 nitrogen and oxygen atoms in total. The minimum absolute atomic E-state index is 0.0520. The highest BCUT2D eigenvalue weighted by molar-refractivity contribution is 7.89. The predicted molar refractivity (Wildman–Crippen MR) is 103 cm³/mol. The standard InChI is InChI=1S/C17H18ClN3O5S/c1-2-3-10-19-27(25,26)14-7-4-12(5-8-14)20-17(22)15-11-13(21(23)24)6-9-16(15)18/h4-9,11,19H,2-3,10H2,1H3,(H,20,22). The first-order valence-corrected chi connectivity index (χ1v) is 9.95. The topological polar surface area (TPSA) is 118 Å². The number of nitro groups is 1. The first kappa shape index (κ1) is 20.8. The molecule has 0 aliphatic carbocycles. The van der Waals surface area contributed by atoms with Crippen molar-refractivity contribution < 1.29 is 18.1 Å². The number of halogens is 1. The van der Waals surface area contributed by atoms with Gasteiger partial charge in [-0.2, -0.15) is 0 Å². The summed E-state index contributed by atoms with van der Waals surface area (Å²) in [4.78, 5) is 22.6. The molecule has 0 saturated heterocycles. The SMILES string of the molecule is CCCCNS(=O)(=O)c1ccc(NC(=O)c2cc([N+](=O)[O-])ccc2Cl)cc1. The summed E-state index contributed by atoms with van der Waals surface area (Å²) in [6.45, 7) is 2.31. The largest absolute Gasteiger partial charge is 0.322 e. The van der Waals surface area contributed by atoms with Crippen molar-refractivity contribution in [2.75, 3.05) is 11.9 Å². The molecular weight excluding hydrogens is 394 g/mol. The quantitative estimate of drug-likeness (QED) is 0.391. The Kier molecular flexibility index (Phi) is 6.89. The highest BCUT2D eigenvalue weighted by atomic mass is 35.5. The zero-order chi connectivity index (χ0) is 20.0. The van der Waals surface area contributed by atoms with Crippen molar-refractivity contribution >= 4 is 38.9 Å². The lowest BCUT2D eigenvalue weighted by atomic mass is 10.2. The summed E-state index contributed by atoms with van der Waals surface area (Å²) in [6, 6.07) is 9.12. The van der Waals surface area contributed by atoms with Crippen molar-refractivity contribution in [3.8, 4) is 0 Å². The number of hydrogen-bond donors (Lipinski definition) is 2. The van der Waals surface area contributed by atoms with Crippen molar-refractivity contribution in [1.29, 1.82) is 0 Å². The van der Waals surface area contributed by atoms with Crippen LogP contribution in [0.4, 0.5) is 11.4 Å². The van der Waals surface area contributed by atoms with E-state index in [2.05, 4.69) is 10.0 Å². The Hall–Kier alpha value is -2.49. The van der Waals surface area contributed by atoms with E-state index in [9.17, 15) is 23.3 Å². The number of rotatable bonds is 8. The van der Waals surface area contributed by atoms with Gasteiger partial charge in [0, 0.05) is 24.4 Å². The van der Waals surface area contributed by atoms with Crippen molar-refractivity contribution in [1.82, 2.24) is 4.72 Å². The number of non-ortho nitro benzene ring substituents is 1. The lowest BCUT2D eigenvalue weighted by molar-refractivity contribution is -0.384. The molecule has 0 spiro atoms. The first-order chi connectivity index (χ1) is 12.7. The molecule has 0 fully saturated rings. The highest BCUT2D eigenvalue weighted by Gasteiger charge is 2.17. The number of unbranched alkanes of at least 4 members (excludes halogenated alkanes) is 1. The molecule has 1 amide bonds. The zero-order valence-electron chi connectivity index (χ0n) is 14.4. The normalized spacial score (nSPS) is 11.2. The number of hydrogen-bond acceptors (Lipinski definition) is 5. The molecule has 0 atom stereocenters. The van der Waals surface area contributed by atoms with E-state index in [0.29, 0.717) is 12.2 Å². The molecule has 2 aromatic rings. The van der Waals surface area contributed by atoms with Gasteiger partial charge in [-0.1, -0.05) is 24.9 Å². The van der Waals surface area contributed by atoms with E-state index in [4.69, 9.17) is 11.6 Å². The Morgan fingerprint density at radius 1 is 1.19 bits per heavy atom. The van der Waals surface area contributed by atoms with Crippen LogP contribution in [-0.4, -0.2) is 25.8 Å². The van der Waals surface area contributed by atoms with Crippen LogP contribution in [0.25, 0.3) is 0 Å². The number of amides is 1. The van der Waals surface area contributed by atoms with E-state index >= 15 is 0 Å². The zero-order valence-corrected chi connectivity index (χ0v) is 16.0. The number of nitrogens with zero attached hydrogens (tertiary/aromatic N) is 1. The summed E-state index contributed by atoms with van der Waals surface area (Å²) in [6.07, 6.45) is 1.60. The van der Waals surface area contributed by atoms with Crippen LogP contribution in [0, 0.1) is 10.1 Å². The maximum atomic E-state index is 12.3. The minimum Gasteiger partial charge on any atom is -0.322 e. The van der Waals surface area contributed by atoms with E-state index in [-0.39, 0.29) is 21.2 Å². The number of carbonyl (C=O) groups excluding carboxylic acids is 1. The van der Waals surface area contributed by atoms with E-state index in [1.54, 1.807) is 0 Å². The van der Waals surface area contributed by atoms with Gasteiger partial charge in [-0.3, -0.25) is 14.9 Å². The van der Waals surface area contributed by atoms with Gasteiger partial charge < -0.3 is 5.32 Å². The van der Waals surface area contributed by atoms with Crippen molar-refractivity contribution in [2.45, 2.75) is 24.7 Å². The van der Waals surface area contributed by atoms with Crippen LogP contribution in [0.3, 0.4) is 0 Å². The van der Waals surface area contributed by atoms with Gasteiger partial charge in [-0.05, 0) is 36.8 Å². The first-order valence-electron chi connectivity index (χ1n) is 8.09. The third-order valence-electron chi connectivity index (χ3n) is 3.65. The lowest BCUT2D eigenvalue weighted by Gasteiger charge is -2.09. The molecule has 0 aliphatic heterocycles. The molecule has 10 heteroatoms. The fraction of sp³-hybridized carbons (Fsp3) is 0.235. The van der Waals surface area contributed by atoms with Gasteiger partial charge in [-0.15, -0.1) is 0 Å². The van der Waals surface area contributed by atoms with Crippen LogP contribution in [0.1, 0.15) is 30.1 Å². The maximum absolute atomic E-state index is 12.3. The van der Waals surface area contributed by atoms with Crippen LogP contribution in [-0.2, 0) is 10.0 Å². The summed E-state index contributed by atoms with van der Waals surface area (Å²) in [5.41, 5.74) is 0.0167. The number of anilines is 1. The molecule has 0 aliphatic rings. The summed E-state index contributed by atoms with van der Waals surface area (Å²) in [5, 5.41) is 13.4. The van der Waals surface area contributed by atoms with Gasteiger partial charge in [-0.25, -0.2) is 13.1 Å². The molecule has 0 aromatic heterocycles. The molecule has 0 bridgehead atoms. The summed E-state index contributed by atoms with van der Waals surface area (Å²) in [7, 11) is -3.61. The molecule has 2 rings (SSSR count). The van der Waals surface area contributed by atoms with Gasteiger partial charge in [0.15, 0.2) is 0 Å². The Balaban J connectivity index is 2.14. The second-order valence-electron chi connectivity index (χ2n) is 5.65. The summed E-state index contributed by atoms with van der Waals surface area (Å²) in [5.74, 6) is -0.639. The van der Waals surface area contributed by atoms with Crippen LogP contribution in [0.2, 0.25) is 5.02 Å². The third-order valence-corrected chi connectivity index (χ3v) is 5.46. The number of sulfonamides is 1. The number of nitro benzene ring substituents is 1. The Bertz CT molecular complexity index is 946. The number of carbonyl (C=O) groups is 1. The smallest absolute Gasteiger partial charge is 0.270 e. The minimum atomic E-state index is -3.61. The summed E-state index contributed by atoms with van der Waals surface area (Å²) < 4.78 is 26.7. The molecule has 0 saturated carbocycles. The van der Waals surface area contributed by atoms with E-state index in [1.165, 1.54) is 36.4 Å². The molecule has 2 aromatic carbocycles. The highest BCUT2D eigenvalue weighted by Crippen LogP contribution is 2.23. The van der Waals surface area contributed by atoms with Crippen molar-refractivity contribution in [3.05, 3.63) is 63.2 Å². The fourth-order valence-corrected chi connectivity index (χ4v) is 3.46. The van der Waals surface area contributed by atoms with Gasteiger partial charge in [0.1, 0.15) is 0 Å². The Labute approximate surface area is 161 Å². The number of nitrogens with one attached hydrogen (secondary N) is 2. The van der Waals surface area contributed by atoms with Crippen LogP contribution in [0.15, 0.2) is 47.4 Å². The second kappa shape index (κ2) is 8.94. The Morgan fingerprint density at radius 2 is 1.85 bits per heavy atom. The molecule has 144 valence electrons. The maximum Gasteiger partial charge on any atom is 0.270 e. The number of benzene rings is 2. The van der Waals surface area contributed by atoms with Gasteiger partial charge >= 0.3 is 0 Å². The monoisotopic (exact) mass is 411 g/mol. The van der Waals surface area contributed by atoms with Crippen LogP contribution < -0.4 is 10.0 Å². The van der Waals surface area contributed by atoms with Gasteiger partial charge in [0.25, 0.3) is 11.6 Å². The summed E-state index contributed by atoms with van der Waals surface area (Å²) >= 11 is 5.94. The molecule has 0 unspecified atom stereocenters. The van der Waals surface area contributed by atoms with Gasteiger partial charge in [0.05, 0.1) is 20.4 Å². The van der Waals surface area contributed by atoms with Crippen molar-refractivity contribution in [2.24, 2.45) is 0 Å². The van der Waals surface area contributed by atoms with Crippen molar-refractivity contribution in [3.63, 3.8) is 0 Å². The average molecular weight is 412 g/mol. The van der Waals surface area contributed by atoms with Crippen LogP contribution >= 0.6 is 11.6 Å². The second-order valence-corrected chi connectivity index (χ2v) is 7.83. The third kappa shape index (κ3) is 5.49. The predicted octanol–water partition coefficient (Wildman–Crippen LogP) is 3.58. The van der Waals surface area contributed by atoms with Crippen LogP contribution in [0.5, 0.6) is 0 Å². The average Bonchev–Trinajstić information content (AvgIpc) is 2.62. The molecule has 2 N–H and O–H groups in total. The fourth-order valence-electron chi connectivity index (χ4n) is 2.18. The van der Waals surface area contributed by atoms with E-state index in [1.807, 2.05) is 6.92 Å². The molecular formula is C17H18ClN3O5S. The molecule has 27 heavy (non-hydrogen) atoms. The molecule has 0 radical (unpaired) electrons. The lowest BCUT2D eigenvalue weighted by Crippen LogP contribution is -2.24.